The lowest BCUT2D eigenvalue weighted by Gasteiger charge is -2.16. The zero-order valence-corrected chi connectivity index (χ0v) is 14.3. The van der Waals surface area contributed by atoms with Gasteiger partial charge in [-0.2, -0.15) is 0 Å². The molecule has 0 aromatic heterocycles. The molecule has 0 unspecified atom stereocenters. The highest BCUT2D eigenvalue weighted by Crippen LogP contribution is 2.27. The van der Waals surface area contributed by atoms with Crippen LogP contribution in [0.2, 0.25) is 0 Å². The highest BCUT2D eigenvalue weighted by atomic mass is 19.2. The Morgan fingerprint density at radius 1 is 0.821 bits per heavy atom. The molecule has 0 bridgehead atoms. The fourth-order valence-electron chi connectivity index (χ4n) is 2.21. The van der Waals surface area contributed by atoms with Crippen molar-refractivity contribution in [3.63, 3.8) is 0 Å². The number of halogens is 6. The van der Waals surface area contributed by atoms with Gasteiger partial charge in [0.25, 0.3) is 0 Å². The number of amides is 2. The largest absolute Gasteiger partial charge is 0.325 e. The van der Waals surface area contributed by atoms with Crippen LogP contribution in [0.15, 0.2) is 24.3 Å². The smallest absolute Gasteiger partial charge is 0.238 e. The molecule has 2 amide bonds. The maximum absolute atomic E-state index is 13.5. The molecule has 2 aromatic rings. The highest BCUT2D eigenvalue weighted by molar-refractivity contribution is 5.94. The second-order valence-electron chi connectivity index (χ2n) is 5.72. The van der Waals surface area contributed by atoms with Gasteiger partial charge in [-0.05, 0) is 25.2 Å². The minimum Gasteiger partial charge on any atom is -0.325 e. The van der Waals surface area contributed by atoms with Crippen molar-refractivity contribution >= 4 is 23.2 Å². The van der Waals surface area contributed by atoms with Crippen molar-refractivity contribution in [3.8, 4) is 0 Å². The minimum atomic E-state index is -2.35. The van der Waals surface area contributed by atoms with Crippen LogP contribution in [0, 0.1) is 34.9 Å². The van der Waals surface area contributed by atoms with Crippen LogP contribution in [0.5, 0.6) is 0 Å². The molecule has 5 nitrogen and oxygen atoms in total. The van der Waals surface area contributed by atoms with E-state index in [1.807, 2.05) is 0 Å². The lowest BCUT2D eigenvalue weighted by Crippen LogP contribution is -2.36. The summed E-state index contributed by atoms with van der Waals surface area (Å²) < 4.78 is 79.4. The predicted molar refractivity (Wildman–Crippen MR) is 87.4 cm³/mol. The van der Waals surface area contributed by atoms with Crippen molar-refractivity contribution in [1.29, 1.82) is 0 Å². The number of hydrogen-bond acceptors (Lipinski definition) is 3. The molecule has 0 spiro atoms. The molecular weight excluding hydrogens is 392 g/mol. The number of carbonyl (C=O) groups excluding carboxylic acids is 2. The SMILES string of the molecule is CN(CC(=O)Nc1cccc(F)c1)CC(=O)Nc1c(F)c(F)c(F)c(F)c1F. The van der Waals surface area contributed by atoms with Gasteiger partial charge >= 0.3 is 0 Å². The van der Waals surface area contributed by atoms with Gasteiger partial charge in [0.2, 0.25) is 17.6 Å². The van der Waals surface area contributed by atoms with Gasteiger partial charge in [-0.3, -0.25) is 14.5 Å². The van der Waals surface area contributed by atoms with E-state index >= 15 is 0 Å². The molecule has 0 saturated heterocycles. The molecule has 2 rings (SSSR count). The number of nitrogens with one attached hydrogen (secondary N) is 2. The van der Waals surface area contributed by atoms with Crippen LogP contribution in [-0.2, 0) is 9.59 Å². The molecular formula is C17H13F6N3O2. The molecule has 0 aliphatic heterocycles. The van der Waals surface area contributed by atoms with E-state index in [0.29, 0.717) is 0 Å². The molecule has 150 valence electrons. The average molecular weight is 405 g/mol. The van der Waals surface area contributed by atoms with Crippen LogP contribution < -0.4 is 10.6 Å². The van der Waals surface area contributed by atoms with E-state index in [9.17, 15) is 35.9 Å². The molecule has 0 radical (unpaired) electrons. The fraction of sp³-hybridized carbons (Fsp3) is 0.176. The summed E-state index contributed by atoms with van der Waals surface area (Å²) >= 11 is 0. The third-order valence-electron chi connectivity index (χ3n) is 3.41. The first-order chi connectivity index (χ1) is 13.1. The Bertz CT molecular complexity index is 893. The van der Waals surface area contributed by atoms with Gasteiger partial charge in [0.1, 0.15) is 11.5 Å². The van der Waals surface area contributed by atoms with Gasteiger partial charge in [-0.15, -0.1) is 0 Å². The number of benzene rings is 2. The standard InChI is InChI=1S/C17H13F6N3O2/c1-26(6-10(27)24-9-4-2-3-8(18)5-9)7-11(28)25-17-15(22)13(20)12(19)14(21)16(17)23/h2-5H,6-7H2,1H3,(H,24,27)(H,25,28). The summed E-state index contributed by atoms with van der Waals surface area (Å²) in [6.07, 6.45) is 0. The van der Waals surface area contributed by atoms with Gasteiger partial charge < -0.3 is 10.6 Å². The van der Waals surface area contributed by atoms with Crippen molar-refractivity contribution in [2.24, 2.45) is 0 Å². The summed E-state index contributed by atoms with van der Waals surface area (Å²) in [5, 5.41) is 3.95. The van der Waals surface area contributed by atoms with Crippen LogP contribution in [0.3, 0.4) is 0 Å². The van der Waals surface area contributed by atoms with Crippen molar-refractivity contribution < 1.29 is 35.9 Å². The van der Waals surface area contributed by atoms with Gasteiger partial charge in [-0.1, -0.05) is 6.07 Å². The van der Waals surface area contributed by atoms with E-state index in [-0.39, 0.29) is 12.2 Å². The molecule has 0 saturated carbocycles. The van der Waals surface area contributed by atoms with Crippen LogP contribution in [0.4, 0.5) is 37.7 Å². The highest BCUT2D eigenvalue weighted by Gasteiger charge is 2.27. The monoisotopic (exact) mass is 405 g/mol. The summed E-state index contributed by atoms with van der Waals surface area (Å²) in [4.78, 5) is 24.8. The lowest BCUT2D eigenvalue weighted by molar-refractivity contribution is -0.119. The first kappa shape index (κ1) is 21.2. The van der Waals surface area contributed by atoms with Gasteiger partial charge in [0, 0.05) is 5.69 Å². The first-order valence-corrected chi connectivity index (χ1v) is 7.65. The maximum Gasteiger partial charge on any atom is 0.238 e. The normalized spacial score (nSPS) is 10.9. The summed E-state index contributed by atoms with van der Waals surface area (Å²) in [7, 11) is 1.29. The van der Waals surface area contributed by atoms with E-state index in [1.165, 1.54) is 25.2 Å². The molecule has 0 atom stereocenters. The van der Waals surface area contributed by atoms with Crippen LogP contribution in [0.25, 0.3) is 0 Å². The number of carbonyl (C=O) groups is 2. The number of rotatable bonds is 6. The molecule has 2 N–H and O–H groups in total. The number of nitrogens with zero attached hydrogens (tertiary/aromatic N) is 1. The van der Waals surface area contributed by atoms with Crippen molar-refractivity contribution in [2.45, 2.75) is 0 Å². The van der Waals surface area contributed by atoms with E-state index < -0.39 is 58.9 Å². The third-order valence-corrected chi connectivity index (χ3v) is 3.41. The quantitative estimate of drug-likeness (QED) is 0.441. The van der Waals surface area contributed by atoms with Crippen molar-refractivity contribution in [2.75, 3.05) is 30.8 Å². The zero-order chi connectivity index (χ0) is 21.0. The Kier molecular flexibility index (Phi) is 6.62. The molecule has 28 heavy (non-hydrogen) atoms. The maximum atomic E-state index is 13.5. The zero-order valence-electron chi connectivity index (χ0n) is 14.3. The third kappa shape index (κ3) is 5.00. The number of likely N-dealkylation sites (N-methyl/N-ethyl adjacent to an activating group) is 1. The van der Waals surface area contributed by atoms with Crippen LogP contribution >= 0.6 is 0 Å². The van der Waals surface area contributed by atoms with Crippen molar-refractivity contribution in [3.05, 3.63) is 59.2 Å². The molecule has 11 heteroatoms. The Morgan fingerprint density at radius 2 is 1.32 bits per heavy atom. The molecule has 0 aliphatic carbocycles. The van der Waals surface area contributed by atoms with Gasteiger partial charge in [0.05, 0.1) is 13.1 Å². The molecule has 0 fully saturated rings. The van der Waals surface area contributed by atoms with E-state index in [0.717, 1.165) is 11.0 Å². The number of hydrogen-bond donors (Lipinski definition) is 2. The second-order valence-corrected chi connectivity index (χ2v) is 5.72. The Hall–Kier alpha value is -3.08. The Morgan fingerprint density at radius 3 is 1.86 bits per heavy atom. The first-order valence-electron chi connectivity index (χ1n) is 7.65. The van der Waals surface area contributed by atoms with E-state index in [2.05, 4.69) is 5.32 Å². The Balaban J connectivity index is 1.97. The lowest BCUT2D eigenvalue weighted by atomic mass is 10.2. The van der Waals surface area contributed by atoms with Crippen LogP contribution in [0.1, 0.15) is 0 Å². The molecule has 2 aromatic carbocycles. The number of anilines is 2. The fourth-order valence-corrected chi connectivity index (χ4v) is 2.21. The van der Waals surface area contributed by atoms with Crippen LogP contribution in [-0.4, -0.2) is 36.9 Å². The van der Waals surface area contributed by atoms with Gasteiger partial charge in [-0.25, -0.2) is 26.3 Å². The minimum absolute atomic E-state index is 0.171. The Labute approximate surface area is 154 Å². The van der Waals surface area contributed by atoms with Gasteiger partial charge in [0.15, 0.2) is 23.3 Å². The van der Waals surface area contributed by atoms with E-state index in [4.69, 9.17) is 0 Å². The van der Waals surface area contributed by atoms with Crippen molar-refractivity contribution in [1.82, 2.24) is 4.90 Å². The second kappa shape index (κ2) is 8.74. The topological polar surface area (TPSA) is 61.4 Å². The summed E-state index contributed by atoms with van der Waals surface area (Å²) in [6, 6.07) is 5.03. The summed E-state index contributed by atoms with van der Waals surface area (Å²) in [5.74, 6) is -13.4. The summed E-state index contributed by atoms with van der Waals surface area (Å²) in [6.45, 7) is -0.975. The van der Waals surface area contributed by atoms with E-state index in [1.54, 1.807) is 5.32 Å². The summed E-state index contributed by atoms with van der Waals surface area (Å²) in [5.41, 5.74) is -1.32. The predicted octanol–water partition coefficient (Wildman–Crippen LogP) is 3.03. The average Bonchev–Trinajstić information content (AvgIpc) is 2.61. The molecule has 0 aliphatic rings. The molecule has 0 heterocycles.